The molecule has 3 aromatic heterocycles. The lowest BCUT2D eigenvalue weighted by Crippen LogP contribution is -2.03. The highest BCUT2D eigenvalue weighted by molar-refractivity contribution is 6.14. The molecule has 0 aliphatic heterocycles. The van der Waals surface area contributed by atoms with Crippen molar-refractivity contribution in [2.24, 2.45) is 0 Å². The van der Waals surface area contributed by atoms with Crippen LogP contribution in [-0.2, 0) is 0 Å². The van der Waals surface area contributed by atoms with Gasteiger partial charge in [-0.3, -0.25) is 0 Å². The van der Waals surface area contributed by atoms with Gasteiger partial charge in [0.1, 0.15) is 0 Å². The molecule has 0 spiro atoms. The van der Waals surface area contributed by atoms with Gasteiger partial charge in [-0.1, -0.05) is 200 Å². The summed E-state index contributed by atoms with van der Waals surface area (Å²) in [7, 11) is 0. The summed E-state index contributed by atoms with van der Waals surface area (Å²) < 4.78 is 4.93. The Bertz CT molecular complexity index is 3820. The van der Waals surface area contributed by atoms with Gasteiger partial charge in [0.25, 0.3) is 0 Å². The summed E-state index contributed by atoms with van der Waals surface area (Å²) in [6.07, 6.45) is 0. The number of rotatable bonds is 8. The SMILES string of the molecule is c1ccc(-c2ccc3c(c2)c2ccc(-n4c5ccccc5c5ccccc54)cc2n3-c2c(-c3ccccc3)cc(-c3nc(-c4ccccc4)cc(-c4ccccc4)n3)cc2-c2ccccc2)cc1. The average Bonchev–Trinajstić information content (AvgIpc) is 3.93. The number of benzene rings is 10. The zero-order chi connectivity index (χ0) is 45.0. The van der Waals surface area contributed by atoms with Gasteiger partial charge in [0.2, 0.25) is 0 Å². The summed E-state index contributed by atoms with van der Waals surface area (Å²) in [4.78, 5) is 10.7. The van der Waals surface area contributed by atoms with Gasteiger partial charge in [0.05, 0.1) is 39.1 Å². The highest BCUT2D eigenvalue weighted by atomic mass is 15.0. The average molecular weight is 867 g/mol. The molecule has 0 atom stereocenters. The maximum Gasteiger partial charge on any atom is 0.160 e. The van der Waals surface area contributed by atoms with Gasteiger partial charge in [0.15, 0.2) is 5.82 Å². The second-order valence-electron chi connectivity index (χ2n) is 17.4. The molecule has 0 fully saturated rings. The van der Waals surface area contributed by atoms with Gasteiger partial charge >= 0.3 is 0 Å². The van der Waals surface area contributed by atoms with E-state index in [-0.39, 0.29) is 0 Å². The molecular weight excluding hydrogens is 825 g/mol. The molecule has 0 radical (unpaired) electrons. The Labute approximate surface area is 394 Å². The molecule has 13 rings (SSSR count). The maximum absolute atomic E-state index is 5.37. The molecule has 0 amide bonds. The van der Waals surface area contributed by atoms with Crippen LogP contribution in [0.5, 0.6) is 0 Å². The predicted molar refractivity (Wildman–Crippen MR) is 283 cm³/mol. The molecule has 13 aromatic rings. The van der Waals surface area contributed by atoms with Crippen LogP contribution >= 0.6 is 0 Å². The van der Waals surface area contributed by atoms with Crippen molar-refractivity contribution in [3.05, 3.63) is 255 Å². The van der Waals surface area contributed by atoms with Crippen molar-refractivity contribution in [1.29, 1.82) is 0 Å². The molecule has 0 N–H and O–H groups in total. The van der Waals surface area contributed by atoms with E-state index in [0.717, 1.165) is 72.7 Å². The highest BCUT2D eigenvalue weighted by Gasteiger charge is 2.24. The molecule has 0 saturated heterocycles. The molecule has 68 heavy (non-hydrogen) atoms. The van der Waals surface area contributed by atoms with Crippen LogP contribution in [0.1, 0.15) is 0 Å². The first-order valence-electron chi connectivity index (χ1n) is 23.2. The van der Waals surface area contributed by atoms with Crippen LogP contribution in [-0.4, -0.2) is 19.1 Å². The van der Waals surface area contributed by atoms with E-state index in [0.29, 0.717) is 5.82 Å². The summed E-state index contributed by atoms with van der Waals surface area (Å²) in [5.41, 5.74) is 18.2. The molecule has 0 bridgehead atoms. The minimum atomic E-state index is 0.662. The van der Waals surface area contributed by atoms with Crippen molar-refractivity contribution in [3.8, 4) is 78.7 Å². The first-order valence-corrected chi connectivity index (χ1v) is 23.2. The smallest absolute Gasteiger partial charge is 0.160 e. The predicted octanol–water partition coefficient (Wildman–Crippen LogP) is 16.7. The fraction of sp³-hybridized carbons (Fsp3) is 0. The van der Waals surface area contributed by atoms with Crippen LogP contribution in [0.4, 0.5) is 0 Å². The van der Waals surface area contributed by atoms with Crippen LogP contribution in [0, 0.1) is 0 Å². The van der Waals surface area contributed by atoms with Crippen molar-refractivity contribution in [2.75, 3.05) is 0 Å². The Balaban J connectivity index is 1.15. The number of para-hydroxylation sites is 2. The van der Waals surface area contributed by atoms with E-state index >= 15 is 0 Å². The van der Waals surface area contributed by atoms with Gasteiger partial charge in [-0.05, 0) is 76.9 Å². The van der Waals surface area contributed by atoms with E-state index in [2.05, 4.69) is 252 Å². The van der Waals surface area contributed by atoms with Crippen LogP contribution in [0.25, 0.3) is 122 Å². The molecule has 3 heterocycles. The second-order valence-corrected chi connectivity index (χ2v) is 17.4. The quantitative estimate of drug-likeness (QED) is 0.153. The number of fused-ring (bicyclic) bond motifs is 6. The van der Waals surface area contributed by atoms with Crippen molar-refractivity contribution in [3.63, 3.8) is 0 Å². The number of hydrogen-bond donors (Lipinski definition) is 0. The highest BCUT2D eigenvalue weighted by Crippen LogP contribution is 2.45. The molecule has 0 aliphatic rings. The standard InChI is InChI=1S/C64H42N4/c1-6-20-43(21-7-1)48-34-37-61-56(38-48)53-36-35-50(67-59-32-18-16-30-51(59)52-31-17-19-33-60(52)67)41-62(53)68(61)63-54(44-22-8-2-9-23-44)39-49(40-55(63)45-24-10-3-11-25-45)64-65-57(46-26-12-4-13-27-46)42-58(66-64)47-28-14-5-15-29-47/h1-42H. The van der Waals surface area contributed by atoms with Gasteiger partial charge in [0, 0.05) is 55.0 Å². The Morgan fingerprint density at radius 3 is 1.22 bits per heavy atom. The third-order valence-corrected chi connectivity index (χ3v) is 13.3. The van der Waals surface area contributed by atoms with Gasteiger partial charge < -0.3 is 9.13 Å². The molecule has 4 nitrogen and oxygen atoms in total. The topological polar surface area (TPSA) is 35.6 Å². The van der Waals surface area contributed by atoms with E-state index in [1.54, 1.807) is 0 Å². The first kappa shape index (κ1) is 39.3. The normalized spacial score (nSPS) is 11.5. The van der Waals surface area contributed by atoms with Crippen LogP contribution < -0.4 is 0 Å². The fourth-order valence-corrected chi connectivity index (χ4v) is 10.2. The summed E-state index contributed by atoms with van der Waals surface area (Å²) in [5, 5.41) is 4.83. The Kier molecular flexibility index (Phi) is 9.47. The summed E-state index contributed by atoms with van der Waals surface area (Å²) >= 11 is 0. The first-order chi connectivity index (χ1) is 33.7. The van der Waals surface area contributed by atoms with Crippen molar-refractivity contribution < 1.29 is 0 Å². The number of aromatic nitrogens is 4. The number of hydrogen-bond acceptors (Lipinski definition) is 2. The van der Waals surface area contributed by atoms with E-state index in [9.17, 15) is 0 Å². The molecule has 4 heteroatoms. The van der Waals surface area contributed by atoms with Gasteiger partial charge in [-0.2, -0.15) is 0 Å². The van der Waals surface area contributed by atoms with Crippen LogP contribution in [0.15, 0.2) is 255 Å². The third kappa shape index (κ3) is 6.69. The maximum atomic E-state index is 5.37. The summed E-state index contributed by atoms with van der Waals surface area (Å²) in [5.74, 6) is 0.662. The summed E-state index contributed by atoms with van der Waals surface area (Å²) in [6.45, 7) is 0. The molecule has 0 unspecified atom stereocenters. The van der Waals surface area contributed by atoms with Crippen molar-refractivity contribution >= 4 is 43.6 Å². The molecule has 0 aliphatic carbocycles. The molecule has 10 aromatic carbocycles. The lowest BCUT2D eigenvalue weighted by molar-refractivity contribution is 1.15. The van der Waals surface area contributed by atoms with Crippen LogP contribution in [0.3, 0.4) is 0 Å². The van der Waals surface area contributed by atoms with E-state index < -0.39 is 0 Å². The zero-order valence-corrected chi connectivity index (χ0v) is 37.0. The molecular formula is C64H42N4. The van der Waals surface area contributed by atoms with Gasteiger partial charge in [-0.15, -0.1) is 0 Å². The van der Waals surface area contributed by atoms with E-state index in [1.165, 1.54) is 43.7 Å². The van der Waals surface area contributed by atoms with Crippen LogP contribution in [0.2, 0.25) is 0 Å². The van der Waals surface area contributed by atoms with E-state index in [4.69, 9.17) is 9.97 Å². The number of nitrogens with zero attached hydrogens (tertiary/aromatic N) is 4. The molecule has 0 saturated carbocycles. The Hall–Kier alpha value is -9.12. The largest absolute Gasteiger partial charge is 0.309 e. The van der Waals surface area contributed by atoms with Crippen molar-refractivity contribution in [1.82, 2.24) is 19.1 Å². The zero-order valence-electron chi connectivity index (χ0n) is 37.0. The minimum absolute atomic E-state index is 0.662. The Morgan fingerprint density at radius 1 is 0.250 bits per heavy atom. The second kappa shape index (κ2) is 16.4. The van der Waals surface area contributed by atoms with Crippen molar-refractivity contribution in [2.45, 2.75) is 0 Å². The monoisotopic (exact) mass is 866 g/mol. The van der Waals surface area contributed by atoms with E-state index in [1.807, 2.05) is 12.1 Å². The van der Waals surface area contributed by atoms with Gasteiger partial charge in [-0.25, -0.2) is 9.97 Å². The lowest BCUT2D eigenvalue weighted by Gasteiger charge is -2.21. The minimum Gasteiger partial charge on any atom is -0.309 e. The summed E-state index contributed by atoms with van der Waals surface area (Å²) in [6, 6.07) is 91.3. The lowest BCUT2D eigenvalue weighted by atomic mass is 9.92. The fourth-order valence-electron chi connectivity index (χ4n) is 10.2. The molecule has 318 valence electrons. The third-order valence-electron chi connectivity index (χ3n) is 13.3. The Morgan fingerprint density at radius 2 is 0.691 bits per heavy atom.